The molecular weight excluding hydrogens is 447 g/mol. The first kappa shape index (κ1) is 20.5. The van der Waals surface area contributed by atoms with Crippen molar-refractivity contribution in [3.8, 4) is 23.0 Å². The summed E-state index contributed by atoms with van der Waals surface area (Å²) in [5.41, 5.74) is 0.252. The number of fused-ring (bicyclic) bond motifs is 4. The minimum absolute atomic E-state index is 0.0548. The number of methoxy groups -OCH3 is 1. The van der Waals surface area contributed by atoms with Crippen LogP contribution < -0.4 is 14.4 Å². The molecule has 2 aliphatic heterocycles. The Morgan fingerprint density at radius 3 is 2.59 bits per heavy atom. The summed E-state index contributed by atoms with van der Waals surface area (Å²) >= 11 is 0.527. The van der Waals surface area contributed by atoms with Crippen molar-refractivity contribution in [2.75, 3.05) is 18.6 Å². The number of amides is 1. The van der Waals surface area contributed by atoms with Crippen LogP contribution in [-0.4, -0.2) is 29.8 Å². The lowest BCUT2D eigenvalue weighted by molar-refractivity contribution is -0.134. The number of para-hydroxylation sites is 1. The van der Waals surface area contributed by atoms with Crippen molar-refractivity contribution in [2.24, 2.45) is 0 Å². The second kappa shape index (κ2) is 6.80. The van der Waals surface area contributed by atoms with Crippen LogP contribution in [0, 0.1) is 0 Å². The summed E-state index contributed by atoms with van der Waals surface area (Å²) in [4.78, 5) is 14.7. The number of phenols is 2. The van der Waals surface area contributed by atoms with Gasteiger partial charge in [0, 0.05) is 23.4 Å². The second-order valence-corrected chi connectivity index (χ2v) is 8.68. The molecule has 1 spiro atoms. The van der Waals surface area contributed by atoms with E-state index in [2.05, 4.69) is 0 Å². The topological polar surface area (TPSA) is 79.2 Å². The van der Waals surface area contributed by atoms with Crippen molar-refractivity contribution >= 4 is 22.9 Å². The standard InChI is InChI=1S/C22H16F3NO5S/c1-30-17-8-19(22(23,24)25)32-18(17)9-26-13-5-3-2-4-11(13)21(20(26)29)10-31-16-7-15(28)14(27)6-12(16)21/h2-8,27-28H,9-10H2,1H3. The molecule has 0 bridgehead atoms. The maximum Gasteiger partial charge on any atom is 0.425 e. The molecule has 0 saturated heterocycles. The fourth-order valence-electron chi connectivity index (χ4n) is 4.33. The van der Waals surface area contributed by atoms with Crippen LogP contribution in [0.4, 0.5) is 18.9 Å². The average molecular weight is 463 g/mol. The van der Waals surface area contributed by atoms with E-state index in [1.165, 1.54) is 24.1 Å². The van der Waals surface area contributed by atoms with Crippen molar-refractivity contribution in [3.63, 3.8) is 0 Å². The molecule has 1 amide bonds. The third kappa shape index (κ3) is 2.75. The minimum atomic E-state index is -4.53. The van der Waals surface area contributed by atoms with Gasteiger partial charge < -0.3 is 24.6 Å². The number of carbonyl (C=O) groups excluding carboxylic acids is 1. The largest absolute Gasteiger partial charge is 0.504 e. The van der Waals surface area contributed by atoms with E-state index >= 15 is 0 Å². The molecule has 3 aromatic rings. The summed E-state index contributed by atoms with van der Waals surface area (Å²) in [7, 11) is 1.28. The highest BCUT2D eigenvalue weighted by Gasteiger charge is 2.57. The summed E-state index contributed by atoms with van der Waals surface area (Å²) in [5, 5.41) is 19.9. The highest BCUT2D eigenvalue weighted by molar-refractivity contribution is 7.12. The molecule has 166 valence electrons. The zero-order valence-corrected chi connectivity index (χ0v) is 17.4. The molecule has 32 heavy (non-hydrogen) atoms. The second-order valence-electron chi connectivity index (χ2n) is 7.54. The molecule has 5 rings (SSSR count). The molecular formula is C22H16F3NO5S. The van der Waals surface area contributed by atoms with Crippen LogP contribution in [0.15, 0.2) is 42.5 Å². The van der Waals surface area contributed by atoms with Gasteiger partial charge in [-0.1, -0.05) is 18.2 Å². The van der Waals surface area contributed by atoms with Crippen LogP contribution in [0.2, 0.25) is 0 Å². The Kier molecular flexibility index (Phi) is 4.35. The van der Waals surface area contributed by atoms with E-state index in [0.717, 1.165) is 6.07 Å². The van der Waals surface area contributed by atoms with Crippen LogP contribution >= 0.6 is 11.3 Å². The molecule has 6 nitrogen and oxygen atoms in total. The van der Waals surface area contributed by atoms with E-state index in [0.29, 0.717) is 28.2 Å². The maximum atomic E-state index is 13.8. The number of phenolic OH excluding ortho intramolecular Hbond substituents is 2. The number of anilines is 1. The number of hydrogen-bond acceptors (Lipinski definition) is 6. The third-order valence-electron chi connectivity index (χ3n) is 5.82. The summed E-state index contributed by atoms with van der Waals surface area (Å²) in [6, 6.07) is 10.4. The number of nitrogens with zero attached hydrogens (tertiary/aromatic N) is 1. The number of alkyl halides is 3. The fraction of sp³-hybridized carbons (Fsp3) is 0.227. The lowest BCUT2D eigenvalue weighted by atomic mass is 9.77. The van der Waals surface area contributed by atoms with Gasteiger partial charge in [-0.15, -0.1) is 11.3 Å². The van der Waals surface area contributed by atoms with Crippen LogP contribution in [0.5, 0.6) is 23.0 Å². The van der Waals surface area contributed by atoms with Gasteiger partial charge in [0.05, 0.1) is 18.5 Å². The number of aromatic hydroxyl groups is 2. The molecule has 0 saturated carbocycles. The van der Waals surface area contributed by atoms with Gasteiger partial charge in [0.1, 0.15) is 28.4 Å². The lowest BCUT2D eigenvalue weighted by Crippen LogP contribution is -2.42. The molecule has 1 atom stereocenters. The quantitative estimate of drug-likeness (QED) is 0.563. The minimum Gasteiger partial charge on any atom is -0.504 e. The third-order valence-corrected chi connectivity index (χ3v) is 6.96. The normalized spacial score (nSPS) is 19.2. The predicted octanol–water partition coefficient (Wildman–Crippen LogP) is 4.41. The van der Waals surface area contributed by atoms with Gasteiger partial charge in [-0.3, -0.25) is 4.79 Å². The Morgan fingerprint density at radius 1 is 1.16 bits per heavy atom. The highest BCUT2D eigenvalue weighted by atomic mass is 32.1. The molecule has 2 N–H and O–H groups in total. The summed E-state index contributed by atoms with van der Waals surface area (Å²) in [6.45, 7) is -0.187. The van der Waals surface area contributed by atoms with Gasteiger partial charge in [0.25, 0.3) is 0 Å². The Balaban J connectivity index is 1.62. The number of thiophene rings is 1. The van der Waals surface area contributed by atoms with Gasteiger partial charge in [-0.25, -0.2) is 0 Å². The van der Waals surface area contributed by atoms with E-state index in [-0.39, 0.29) is 35.3 Å². The molecule has 1 aromatic heterocycles. The van der Waals surface area contributed by atoms with Crippen molar-refractivity contribution in [2.45, 2.75) is 18.1 Å². The number of rotatable bonds is 3. The monoisotopic (exact) mass is 463 g/mol. The number of halogens is 3. The zero-order valence-electron chi connectivity index (χ0n) is 16.6. The van der Waals surface area contributed by atoms with E-state index < -0.39 is 28.1 Å². The van der Waals surface area contributed by atoms with Crippen LogP contribution in [0.3, 0.4) is 0 Å². The van der Waals surface area contributed by atoms with Gasteiger partial charge in [-0.05, 0) is 17.7 Å². The van der Waals surface area contributed by atoms with E-state index in [9.17, 15) is 28.2 Å². The van der Waals surface area contributed by atoms with Crippen molar-refractivity contribution in [1.82, 2.24) is 0 Å². The fourth-order valence-corrected chi connectivity index (χ4v) is 5.32. The smallest absolute Gasteiger partial charge is 0.425 e. The molecule has 1 unspecified atom stereocenters. The lowest BCUT2D eigenvalue weighted by Gasteiger charge is -2.23. The Hall–Kier alpha value is -3.40. The summed E-state index contributed by atoms with van der Waals surface area (Å²) < 4.78 is 50.6. The zero-order chi connectivity index (χ0) is 22.8. The Labute approximate surface area is 184 Å². The maximum absolute atomic E-state index is 13.8. The Morgan fingerprint density at radius 2 is 1.88 bits per heavy atom. The first-order chi connectivity index (χ1) is 15.2. The number of carbonyl (C=O) groups is 1. The van der Waals surface area contributed by atoms with Crippen LogP contribution in [0.25, 0.3) is 0 Å². The van der Waals surface area contributed by atoms with Crippen molar-refractivity contribution < 1.29 is 37.7 Å². The molecule has 0 fully saturated rings. The van der Waals surface area contributed by atoms with Crippen LogP contribution in [0.1, 0.15) is 20.9 Å². The van der Waals surface area contributed by atoms with Crippen LogP contribution in [-0.2, 0) is 22.9 Å². The first-order valence-corrected chi connectivity index (χ1v) is 10.3. The first-order valence-electron chi connectivity index (χ1n) is 9.51. The van der Waals surface area contributed by atoms with Gasteiger partial charge >= 0.3 is 6.18 Å². The summed E-state index contributed by atoms with van der Waals surface area (Å²) in [6.07, 6.45) is -4.53. The molecule has 3 heterocycles. The molecule has 2 aromatic carbocycles. The van der Waals surface area contributed by atoms with Crippen molar-refractivity contribution in [3.05, 3.63) is 63.3 Å². The highest BCUT2D eigenvalue weighted by Crippen LogP contribution is 2.55. The molecule has 2 aliphatic rings. The number of ether oxygens (including phenoxy) is 2. The Bertz CT molecular complexity index is 1250. The number of hydrogen-bond donors (Lipinski definition) is 2. The van der Waals surface area contributed by atoms with Crippen molar-refractivity contribution in [1.29, 1.82) is 0 Å². The van der Waals surface area contributed by atoms with Gasteiger partial charge in [0.15, 0.2) is 11.5 Å². The molecule has 0 radical (unpaired) electrons. The predicted molar refractivity (Wildman–Crippen MR) is 110 cm³/mol. The van der Waals surface area contributed by atoms with E-state index in [1.807, 2.05) is 0 Å². The average Bonchev–Trinajstić information content (AvgIpc) is 3.40. The van der Waals surface area contributed by atoms with Gasteiger partial charge in [-0.2, -0.15) is 13.2 Å². The van der Waals surface area contributed by atoms with E-state index in [4.69, 9.17) is 9.47 Å². The van der Waals surface area contributed by atoms with Gasteiger partial charge in [0.2, 0.25) is 5.91 Å². The van der Waals surface area contributed by atoms with E-state index in [1.54, 1.807) is 24.3 Å². The SMILES string of the molecule is COc1cc(C(F)(F)F)sc1CN1C(=O)C2(COc3cc(O)c(O)cc32)c2ccccc21. The molecule has 0 aliphatic carbocycles. The summed E-state index contributed by atoms with van der Waals surface area (Å²) in [5.74, 6) is -0.851. The molecule has 10 heteroatoms. The number of benzene rings is 2.